The van der Waals surface area contributed by atoms with Crippen molar-refractivity contribution in [3.63, 3.8) is 0 Å². The molecule has 1 amide bonds. The summed E-state index contributed by atoms with van der Waals surface area (Å²) in [6.07, 6.45) is -1.68. The molecule has 0 aliphatic carbocycles. The highest BCUT2D eigenvalue weighted by Crippen LogP contribution is 2.33. The maximum atomic E-state index is 12.9. The Kier molecular flexibility index (Phi) is 5.23. The highest BCUT2D eigenvalue weighted by Gasteiger charge is 2.32. The third-order valence-electron chi connectivity index (χ3n) is 4.47. The number of fused-ring (bicyclic) bond motifs is 1. The SMILES string of the molecule is O=C(Cc1csc(-c2ccccn2)n1)N1CCCc2cc(OC(F)(F)F)ccc21. The minimum absolute atomic E-state index is 0.115. The summed E-state index contributed by atoms with van der Waals surface area (Å²) in [5, 5.41) is 2.56. The molecule has 5 nitrogen and oxygen atoms in total. The Morgan fingerprint density at radius 1 is 1.24 bits per heavy atom. The molecular formula is C20H16F3N3O2S. The number of benzene rings is 1. The molecule has 0 atom stereocenters. The van der Waals surface area contributed by atoms with E-state index < -0.39 is 6.36 Å². The van der Waals surface area contributed by atoms with Crippen LogP contribution >= 0.6 is 11.3 Å². The topological polar surface area (TPSA) is 55.3 Å². The molecular weight excluding hydrogens is 403 g/mol. The molecule has 29 heavy (non-hydrogen) atoms. The second-order valence-electron chi connectivity index (χ2n) is 6.52. The zero-order chi connectivity index (χ0) is 20.4. The van der Waals surface area contributed by atoms with Crippen molar-refractivity contribution in [1.29, 1.82) is 0 Å². The molecule has 0 saturated heterocycles. The molecule has 150 valence electrons. The number of amides is 1. The number of carbonyl (C=O) groups excluding carboxylic acids is 1. The standard InChI is InChI=1S/C20H16F3N3O2S/c21-20(22,23)28-15-6-7-17-13(10-15)4-3-9-26(17)18(27)11-14-12-29-19(25-14)16-5-1-2-8-24-16/h1-2,5-8,10,12H,3-4,9,11H2. The van der Waals surface area contributed by atoms with Gasteiger partial charge in [0.1, 0.15) is 10.8 Å². The number of ether oxygens (including phenoxy) is 1. The fourth-order valence-corrected chi connectivity index (χ4v) is 4.07. The normalized spacial score (nSPS) is 13.8. The number of alkyl halides is 3. The predicted octanol–water partition coefficient (Wildman–Crippen LogP) is 4.63. The average Bonchev–Trinajstić information content (AvgIpc) is 3.15. The third-order valence-corrected chi connectivity index (χ3v) is 5.39. The molecule has 1 aromatic carbocycles. The van der Waals surface area contributed by atoms with Crippen molar-refractivity contribution in [1.82, 2.24) is 9.97 Å². The van der Waals surface area contributed by atoms with Gasteiger partial charge in [-0.25, -0.2) is 4.98 Å². The number of halogens is 3. The van der Waals surface area contributed by atoms with Crippen molar-refractivity contribution in [2.75, 3.05) is 11.4 Å². The van der Waals surface area contributed by atoms with Crippen LogP contribution in [0.15, 0.2) is 48.0 Å². The first-order chi connectivity index (χ1) is 13.9. The molecule has 0 saturated carbocycles. The number of rotatable bonds is 4. The van der Waals surface area contributed by atoms with Crippen LogP contribution in [0.3, 0.4) is 0 Å². The zero-order valence-corrected chi connectivity index (χ0v) is 16.0. The van der Waals surface area contributed by atoms with Crippen LogP contribution in [0.4, 0.5) is 18.9 Å². The van der Waals surface area contributed by atoms with Crippen molar-refractivity contribution in [3.8, 4) is 16.5 Å². The van der Waals surface area contributed by atoms with E-state index in [-0.39, 0.29) is 18.1 Å². The Morgan fingerprint density at radius 2 is 2.10 bits per heavy atom. The van der Waals surface area contributed by atoms with Gasteiger partial charge in [0.25, 0.3) is 0 Å². The number of carbonyl (C=O) groups is 1. The van der Waals surface area contributed by atoms with Gasteiger partial charge in [-0.05, 0) is 48.7 Å². The van der Waals surface area contributed by atoms with Crippen LogP contribution in [0.25, 0.3) is 10.7 Å². The first-order valence-electron chi connectivity index (χ1n) is 8.94. The maximum absolute atomic E-state index is 12.9. The van der Waals surface area contributed by atoms with Gasteiger partial charge in [-0.2, -0.15) is 0 Å². The van der Waals surface area contributed by atoms with E-state index in [0.717, 1.165) is 10.7 Å². The maximum Gasteiger partial charge on any atom is 0.573 e. The first kappa shape index (κ1) is 19.4. The highest BCUT2D eigenvalue weighted by atomic mass is 32.1. The lowest BCUT2D eigenvalue weighted by Gasteiger charge is -2.29. The number of anilines is 1. The fourth-order valence-electron chi connectivity index (χ4n) is 3.28. The third kappa shape index (κ3) is 4.56. The Morgan fingerprint density at radius 3 is 2.86 bits per heavy atom. The molecule has 3 aromatic rings. The molecule has 2 aromatic heterocycles. The fraction of sp³-hybridized carbons (Fsp3) is 0.250. The Balaban J connectivity index is 1.50. The Hall–Kier alpha value is -2.94. The van der Waals surface area contributed by atoms with Gasteiger partial charge in [-0.1, -0.05) is 6.07 Å². The molecule has 4 rings (SSSR count). The average molecular weight is 419 g/mol. The summed E-state index contributed by atoms with van der Waals surface area (Å²) in [5.74, 6) is -0.418. The largest absolute Gasteiger partial charge is 0.573 e. The van der Waals surface area contributed by atoms with Gasteiger partial charge < -0.3 is 9.64 Å². The highest BCUT2D eigenvalue weighted by molar-refractivity contribution is 7.13. The summed E-state index contributed by atoms with van der Waals surface area (Å²) >= 11 is 1.42. The molecule has 0 spiro atoms. The number of hydrogen-bond donors (Lipinski definition) is 0. The molecule has 9 heteroatoms. The van der Waals surface area contributed by atoms with Gasteiger partial charge in [0.15, 0.2) is 0 Å². The summed E-state index contributed by atoms with van der Waals surface area (Å²) in [7, 11) is 0. The van der Waals surface area contributed by atoms with Crippen molar-refractivity contribution in [3.05, 3.63) is 59.2 Å². The van der Waals surface area contributed by atoms with Crippen LogP contribution in [-0.2, 0) is 17.6 Å². The van der Waals surface area contributed by atoms with E-state index >= 15 is 0 Å². The van der Waals surface area contributed by atoms with Crippen LogP contribution in [0.5, 0.6) is 5.75 Å². The van der Waals surface area contributed by atoms with Crippen molar-refractivity contribution in [2.45, 2.75) is 25.6 Å². The molecule has 1 aliphatic heterocycles. The van der Waals surface area contributed by atoms with Crippen LogP contribution in [0.1, 0.15) is 17.7 Å². The number of nitrogens with zero attached hydrogens (tertiary/aromatic N) is 3. The van der Waals surface area contributed by atoms with Gasteiger partial charge in [-0.3, -0.25) is 9.78 Å². The molecule has 0 radical (unpaired) electrons. The lowest BCUT2D eigenvalue weighted by Crippen LogP contribution is -2.36. The van der Waals surface area contributed by atoms with Crippen molar-refractivity contribution >= 4 is 22.9 Å². The molecule has 0 bridgehead atoms. The first-order valence-corrected chi connectivity index (χ1v) is 9.82. The van der Waals surface area contributed by atoms with Gasteiger partial charge in [0.2, 0.25) is 5.91 Å². The monoisotopic (exact) mass is 419 g/mol. The lowest BCUT2D eigenvalue weighted by molar-refractivity contribution is -0.274. The van der Waals surface area contributed by atoms with E-state index in [1.165, 1.54) is 29.5 Å². The smallest absolute Gasteiger partial charge is 0.406 e. The molecule has 3 heterocycles. The van der Waals surface area contributed by atoms with Crippen LogP contribution < -0.4 is 9.64 Å². The number of aromatic nitrogens is 2. The second kappa shape index (κ2) is 7.82. The molecule has 0 fully saturated rings. The summed E-state index contributed by atoms with van der Waals surface area (Å²) in [5.41, 5.74) is 2.68. The Labute approximate surface area is 168 Å². The minimum atomic E-state index is -4.74. The van der Waals surface area contributed by atoms with E-state index in [9.17, 15) is 18.0 Å². The van der Waals surface area contributed by atoms with Crippen molar-refractivity contribution < 1.29 is 22.7 Å². The van der Waals surface area contributed by atoms with E-state index in [2.05, 4.69) is 14.7 Å². The van der Waals surface area contributed by atoms with E-state index in [0.29, 0.717) is 36.3 Å². The van der Waals surface area contributed by atoms with Gasteiger partial charge in [0, 0.05) is 23.8 Å². The van der Waals surface area contributed by atoms with Gasteiger partial charge in [0.05, 0.1) is 17.8 Å². The molecule has 0 unspecified atom stereocenters. The van der Waals surface area contributed by atoms with Crippen LogP contribution in [0, 0.1) is 0 Å². The van der Waals surface area contributed by atoms with Gasteiger partial charge in [-0.15, -0.1) is 24.5 Å². The number of pyridine rings is 1. The second-order valence-corrected chi connectivity index (χ2v) is 7.38. The van der Waals surface area contributed by atoms with Gasteiger partial charge >= 0.3 is 6.36 Å². The van der Waals surface area contributed by atoms with Crippen molar-refractivity contribution in [2.24, 2.45) is 0 Å². The van der Waals surface area contributed by atoms with E-state index in [1.807, 2.05) is 23.6 Å². The zero-order valence-electron chi connectivity index (χ0n) is 15.1. The summed E-state index contributed by atoms with van der Waals surface area (Å²) in [6, 6.07) is 9.64. The minimum Gasteiger partial charge on any atom is -0.406 e. The summed E-state index contributed by atoms with van der Waals surface area (Å²) in [6.45, 7) is 0.516. The number of hydrogen-bond acceptors (Lipinski definition) is 5. The van der Waals surface area contributed by atoms with Crippen LogP contribution in [0.2, 0.25) is 0 Å². The Bertz CT molecular complexity index is 1020. The quantitative estimate of drug-likeness (QED) is 0.619. The predicted molar refractivity (Wildman–Crippen MR) is 103 cm³/mol. The summed E-state index contributed by atoms with van der Waals surface area (Å²) in [4.78, 5) is 23.2. The lowest BCUT2D eigenvalue weighted by atomic mass is 10.0. The molecule has 1 aliphatic rings. The molecule has 0 N–H and O–H groups in total. The van der Waals surface area contributed by atoms with Crippen LogP contribution in [-0.4, -0.2) is 28.8 Å². The van der Waals surface area contributed by atoms with E-state index in [1.54, 1.807) is 11.1 Å². The summed E-state index contributed by atoms with van der Waals surface area (Å²) < 4.78 is 41.3. The number of thiazole rings is 1. The van der Waals surface area contributed by atoms with E-state index in [4.69, 9.17) is 0 Å². The number of aryl methyl sites for hydroxylation is 1.